The van der Waals surface area contributed by atoms with Gasteiger partial charge in [-0.05, 0) is 73.5 Å². The zero-order valence-corrected chi connectivity index (χ0v) is 22.8. The molecule has 7 nitrogen and oxygen atoms in total. The lowest BCUT2D eigenvalue weighted by Crippen LogP contribution is -2.12. The molecule has 0 fully saturated rings. The van der Waals surface area contributed by atoms with E-state index >= 15 is 0 Å². The monoisotopic (exact) mass is 551 g/mol. The molecule has 1 amide bonds. The van der Waals surface area contributed by atoms with Crippen molar-refractivity contribution in [2.45, 2.75) is 13.8 Å². The van der Waals surface area contributed by atoms with Gasteiger partial charge in [0.1, 0.15) is 23.0 Å². The van der Waals surface area contributed by atoms with E-state index in [0.717, 1.165) is 11.1 Å². The van der Waals surface area contributed by atoms with E-state index in [1.54, 1.807) is 84.9 Å². The van der Waals surface area contributed by atoms with Gasteiger partial charge in [0.15, 0.2) is 0 Å². The lowest BCUT2D eigenvalue weighted by Gasteiger charge is -1.92. The number of nitrogens with one attached hydrogen (secondary N) is 1. The molecule has 41 heavy (non-hydrogen) atoms. The summed E-state index contributed by atoms with van der Waals surface area (Å²) in [5, 5.41) is 37.6. The molecule has 0 spiro atoms. The SMILES string of the molecule is Cc1ccccc1O.Cc1ccccc1O.O=C1Nc2ccccc2C1=O.Oc1ccccc1.Oc1ccccc1. The number of hydrogen-bond acceptors (Lipinski definition) is 6. The molecule has 0 bridgehead atoms. The van der Waals surface area contributed by atoms with E-state index < -0.39 is 11.7 Å². The second kappa shape index (κ2) is 17.1. The second-order valence-corrected chi connectivity index (χ2v) is 8.57. The molecule has 0 saturated carbocycles. The van der Waals surface area contributed by atoms with Crippen LogP contribution < -0.4 is 5.32 Å². The van der Waals surface area contributed by atoms with Crippen molar-refractivity contribution in [2.75, 3.05) is 5.32 Å². The van der Waals surface area contributed by atoms with E-state index in [4.69, 9.17) is 20.4 Å². The Balaban J connectivity index is 0.000000182. The van der Waals surface area contributed by atoms with Gasteiger partial charge >= 0.3 is 0 Å². The number of Topliss-reactive ketones (excluding diaryl/α,β-unsaturated/α-hetero) is 1. The van der Waals surface area contributed by atoms with Crippen molar-refractivity contribution in [3.8, 4) is 23.0 Å². The number of amides is 1. The summed E-state index contributed by atoms with van der Waals surface area (Å²) in [7, 11) is 0. The molecule has 6 rings (SSSR count). The predicted octanol–water partition coefficient (Wildman–Crippen LogP) is 7.01. The lowest BCUT2D eigenvalue weighted by molar-refractivity contribution is -0.112. The van der Waals surface area contributed by atoms with Crippen LogP contribution in [0.1, 0.15) is 21.5 Å². The van der Waals surface area contributed by atoms with Crippen LogP contribution in [-0.2, 0) is 4.79 Å². The first-order valence-electron chi connectivity index (χ1n) is 12.6. The normalized spacial score (nSPS) is 10.4. The summed E-state index contributed by atoms with van der Waals surface area (Å²) in [5.41, 5.74) is 2.93. The molecule has 1 aliphatic heterocycles. The number of carbonyl (C=O) groups is 2. The topological polar surface area (TPSA) is 127 Å². The van der Waals surface area contributed by atoms with Crippen molar-refractivity contribution >= 4 is 17.4 Å². The number of rotatable bonds is 0. The molecule has 0 aliphatic carbocycles. The third-order valence-electron chi connectivity index (χ3n) is 5.37. The first-order valence-corrected chi connectivity index (χ1v) is 12.6. The third-order valence-corrected chi connectivity index (χ3v) is 5.37. The molecule has 1 aliphatic rings. The van der Waals surface area contributed by atoms with Crippen LogP contribution in [0.5, 0.6) is 23.0 Å². The molecule has 0 unspecified atom stereocenters. The van der Waals surface area contributed by atoms with Gasteiger partial charge in [0.25, 0.3) is 11.7 Å². The predicted molar refractivity (Wildman–Crippen MR) is 161 cm³/mol. The highest BCUT2D eigenvalue weighted by molar-refractivity contribution is 6.51. The van der Waals surface area contributed by atoms with Crippen molar-refractivity contribution in [3.63, 3.8) is 0 Å². The summed E-state index contributed by atoms with van der Waals surface area (Å²) in [5.74, 6) is 0.400. The molecule has 5 aromatic rings. The van der Waals surface area contributed by atoms with Crippen molar-refractivity contribution in [2.24, 2.45) is 0 Å². The zero-order chi connectivity index (χ0) is 30.0. The van der Waals surface area contributed by atoms with E-state index in [-0.39, 0.29) is 0 Å². The maximum absolute atomic E-state index is 11.0. The van der Waals surface area contributed by atoms with Crippen molar-refractivity contribution in [3.05, 3.63) is 150 Å². The van der Waals surface area contributed by atoms with Crippen molar-refractivity contribution in [1.29, 1.82) is 0 Å². The Morgan fingerprint density at radius 1 is 0.463 bits per heavy atom. The smallest absolute Gasteiger partial charge is 0.296 e. The lowest BCUT2D eigenvalue weighted by atomic mass is 10.1. The summed E-state index contributed by atoms with van der Waals surface area (Å²) in [6.07, 6.45) is 0. The standard InChI is InChI=1S/C8H5NO2.2C7H8O.2C6H6O/c10-7-5-3-1-2-4-6(5)9-8(7)11;2*1-6-4-2-3-5-7(6)8;2*7-6-4-2-1-3-5-6/h1-4H,(H,9,10,11);2*2-5,8H,1H3;2*1-5,7H. The van der Waals surface area contributed by atoms with Gasteiger partial charge in [-0.15, -0.1) is 0 Å². The van der Waals surface area contributed by atoms with Gasteiger partial charge in [0.05, 0.1) is 11.3 Å². The van der Waals surface area contributed by atoms with E-state index in [0.29, 0.717) is 34.2 Å². The molecule has 0 aromatic heterocycles. The second-order valence-electron chi connectivity index (χ2n) is 8.57. The number of aromatic hydroxyl groups is 4. The fraction of sp³-hybridized carbons (Fsp3) is 0.0588. The Hall–Kier alpha value is -5.56. The average Bonchev–Trinajstić information content (AvgIpc) is 3.27. The van der Waals surface area contributed by atoms with Crippen LogP contribution in [-0.4, -0.2) is 32.1 Å². The van der Waals surface area contributed by atoms with Gasteiger partial charge in [-0.2, -0.15) is 0 Å². The maximum Gasteiger partial charge on any atom is 0.296 e. The summed E-state index contributed by atoms with van der Waals surface area (Å²) in [6, 6.07) is 38.8. The van der Waals surface area contributed by atoms with Crippen molar-refractivity contribution in [1.82, 2.24) is 0 Å². The van der Waals surface area contributed by atoms with Gasteiger partial charge in [-0.3, -0.25) is 9.59 Å². The number of aryl methyl sites for hydroxylation is 2. The van der Waals surface area contributed by atoms with Gasteiger partial charge in [0.2, 0.25) is 0 Å². The molecule has 5 aromatic carbocycles. The molecule has 0 saturated heterocycles. The van der Waals surface area contributed by atoms with Crippen molar-refractivity contribution < 1.29 is 30.0 Å². The van der Waals surface area contributed by atoms with Crippen LogP contribution in [0.3, 0.4) is 0 Å². The summed E-state index contributed by atoms with van der Waals surface area (Å²) in [4.78, 5) is 21.8. The number of carbonyl (C=O) groups excluding carboxylic acids is 2. The van der Waals surface area contributed by atoms with E-state index in [9.17, 15) is 9.59 Å². The minimum absolute atomic E-state index is 0.322. The molecular formula is C34H33NO6. The molecule has 210 valence electrons. The number of hydrogen-bond donors (Lipinski definition) is 5. The van der Waals surface area contributed by atoms with Crippen LogP contribution in [0.2, 0.25) is 0 Å². The fourth-order valence-corrected chi connectivity index (χ4v) is 3.07. The number of phenols is 4. The number of anilines is 1. The van der Waals surface area contributed by atoms with E-state index in [2.05, 4.69) is 5.32 Å². The Kier molecular flexibility index (Phi) is 13.2. The molecule has 0 atom stereocenters. The van der Waals surface area contributed by atoms with Gasteiger partial charge in [-0.25, -0.2) is 0 Å². The van der Waals surface area contributed by atoms with E-state index in [1.807, 2.05) is 62.4 Å². The fourth-order valence-electron chi connectivity index (χ4n) is 3.07. The third kappa shape index (κ3) is 11.8. The van der Waals surface area contributed by atoms with Gasteiger partial charge in [-0.1, -0.05) is 84.9 Å². The Labute approximate surface area is 239 Å². The molecule has 5 N–H and O–H groups in total. The summed E-state index contributed by atoms with van der Waals surface area (Å²) >= 11 is 0. The largest absolute Gasteiger partial charge is 0.508 e. The number of ketones is 1. The van der Waals surface area contributed by atoms with Crippen LogP contribution in [0, 0.1) is 13.8 Å². The highest BCUT2D eigenvalue weighted by atomic mass is 16.3. The number of fused-ring (bicyclic) bond motifs is 1. The molecule has 0 radical (unpaired) electrons. The van der Waals surface area contributed by atoms with Gasteiger partial charge < -0.3 is 25.7 Å². The Morgan fingerprint density at radius 2 is 0.829 bits per heavy atom. The Morgan fingerprint density at radius 3 is 1.15 bits per heavy atom. The first kappa shape index (κ1) is 31.7. The van der Waals surface area contributed by atoms with E-state index in [1.165, 1.54) is 0 Å². The Bertz CT molecular complexity index is 1380. The van der Waals surface area contributed by atoms with Crippen LogP contribution in [0.4, 0.5) is 5.69 Å². The van der Waals surface area contributed by atoms with Crippen LogP contribution >= 0.6 is 0 Å². The maximum atomic E-state index is 11.0. The van der Waals surface area contributed by atoms with Crippen LogP contribution in [0.25, 0.3) is 0 Å². The number of phenolic OH excluding ortho intramolecular Hbond substituents is 4. The van der Waals surface area contributed by atoms with Crippen LogP contribution in [0.15, 0.2) is 133 Å². The number of benzene rings is 5. The minimum atomic E-state index is -0.536. The highest BCUT2D eigenvalue weighted by Crippen LogP contribution is 2.21. The summed E-state index contributed by atoms with van der Waals surface area (Å²) in [6.45, 7) is 3.74. The molecule has 1 heterocycles. The first-order chi connectivity index (χ1) is 19.7. The minimum Gasteiger partial charge on any atom is -0.508 e. The van der Waals surface area contributed by atoms with Gasteiger partial charge in [0, 0.05) is 0 Å². The molecule has 7 heteroatoms. The summed E-state index contributed by atoms with van der Waals surface area (Å²) < 4.78 is 0. The molecular weight excluding hydrogens is 518 g/mol. The average molecular weight is 552 g/mol. The number of para-hydroxylation sites is 5. The zero-order valence-electron chi connectivity index (χ0n) is 22.8. The quantitative estimate of drug-likeness (QED) is 0.132. The highest BCUT2D eigenvalue weighted by Gasteiger charge is 2.26.